The zero-order chi connectivity index (χ0) is 14.8. The summed E-state index contributed by atoms with van der Waals surface area (Å²) in [5, 5.41) is 1.05. The zero-order valence-corrected chi connectivity index (χ0v) is 14.2. The van der Waals surface area contributed by atoms with Crippen molar-refractivity contribution in [2.24, 2.45) is 5.92 Å². The Morgan fingerprint density at radius 3 is 2.20 bits per heavy atom. The molecule has 0 aliphatic carbocycles. The minimum absolute atomic E-state index is 0.135. The third-order valence-electron chi connectivity index (χ3n) is 4.12. The Hall–Kier alpha value is -0.830. The number of nitrogens with zero attached hydrogens (tertiary/aromatic N) is 1. The summed E-state index contributed by atoms with van der Waals surface area (Å²) in [6.45, 7) is 8.34. The lowest BCUT2D eigenvalue weighted by Crippen LogP contribution is -2.38. The molecule has 1 fully saturated rings. The highest BCUT2D eigenvalue weighted by Crippen LogP contribution is 2.24. The van der Waals surface area contributed by atoms with Crippen LogP contribution in [0.15, 0.2) is 24.3 Å². The SMILES string of the molecule is CC(C)(C)c1ccc(C(=O)N2CCC(CBr)CC2)cc1. The largest absolute Gasteiger partial charge is 0.339 e. The molecule has 1 aromatic carbocycles. The molecule has 0 radical (unpaired) electrons. The lowest BCUT2D eigenvalue weighted by Gasteiger charge is -2.31. The molecule has 0 aromatic heterocycles. The summed E-state index contributed by atoms with van der Waals surface area (Å²) in [7, 11) is 0. The van der Waals surface area contributed by atoms with Crippen LogP contribution in [-0.2, 0) is 5.41 Å². The summed E-state index contributed by atoms with van der Waals surface area (Å²) in [6, 6.07) is 8.11. The van der Waals surface area contributed by atoms with Gasteiger partial charge in [-0.25, -0.2) is 0 Å². The topological polar surface area (TPSA) is 20.3 Å². The molecule has 0 unspecified atom stereocenters. The molecular weight excluding hydrogens is 314 g/mol. The van der Waals surface area contributed by atoms with Crippen molar-refractivity contribution in [3.05, 3.63) is 35.4 Å². The first-order valence-corrected chi connectivity index (χ1v) is 8.50. The van der Waals surface area contributed by atoms with E-state index in [1.807, 2.05) is 17.0 Å². The molecule has 1 saturated heterocycles. The maximum atomic E-state index is 12.5. The minimum atomic E-state index is 0.135. The first kappa shape index (κ1) is 15.6. The number of piperidine rings is 1. The van der Waals surface area contributed by atoms with Crippen molar-refractivity contribution in [1.82, 2.24) is 4.90 Å². The molecule has 0 N–H and O–H groups in total. The van der Waals surface area contributed by atoms with Gasteiger partial charge in [-0.05, 0) is 41.9 Å². The first-order chi connectivity index (χ1) is 9.41. The van der Waals surface area contributed by atoms with Crippen molar-refractivity contribution >= 4 is 21.8 Å². The summed E-state index contributed by atoms with van der Waals surface area (Å²) >= 11 is 3.54. The molecule has 0 saturated carbocycles. The predicted octanol–water partition coefficient (Wildman–Crippen LogP) is 4.23. The summed E-state index contributed by atoms with van der Waals surface area (Å²) in [5.41, 5.74) is 2.22. The lowest BCUT2D eigenvalue weighted by atomic mass is 9.86. The van der Waals surface area contributed by atoms with Crippen molar-refractivity contribution in [2.75, 3.05) is 18.4 Å². The number of hydrogen-bond acceptors (Lipinski definition) is 1. The number of amides is 1. The van der Waals surface area contributed by atoms with E-state index in [0.717, 1.165) is 42.7 Å². The number of rotatable bonds is 2. The molecule has 1 aliphatic heterocycles. The highest BCUT2D eigenvalue weighted by Gasteiger charge is 2.23. The summed E-state index contributed by atoms with van der Waals surface area (Å²) in [6.07, 6.45) is 2.22. The Bertz CT molecular complexity index is 453. The van der Waals surface area contributed by atoms with Gasteiger partial charge in [-0.3, -0.25) is 4.79 Å². The van der Waals surface area contributed by atoms with Crippen LogP contribution in [0.3, 0.4) is 0 Å². The molecule has 2 rings (SSSR count). The number of carbonyl (C=O) groups excluding carboxylic acids is 1. The summed E-state index contributed by atoms with van der Waals surface area (Å²) in [5.74, 6) is 0.904. The third kappa shape index (κ3) is 3.63. The van der Waals surface area contributed by atoms with Crippen molar-refractivity contribution in [1.29, 1.82) is 0 Å². The van der Waals surface area contributed by atoms with Gasteiger partial charge in [0.15, 0.2) is 0 Å². The number of hydrogen-bond donors (Lipinski definition) is 0. The van der Waals surface area contributed by atoms with E-state index in [9.17, 15) is 4.79 Å². The monoisotopic (exact) mass is 337 g/mol. The van der Waals surface area contributed by atoms with E-state index in [1.54, 1.807) is 0 Å². The maximum absolute atomic E-state index is 12.5. The van der Waals surface area contributed by atoms with E-state index in [2.05, 4.69) is 48.8 Å². The van der Waals surface area contributed by atoms with E-state index in [1.165, 1.54) is 5.56 Å². The minimum Gasteiger partial charge on any atom is -0.339 e. The molecule has 1 aliphatic rings. The standard InChI is InChI=1S/C17H24BrNO/c1-17(2,3)15-6-4-14(5-7-15)16(20)19-10-8-13(12-18)9-11-19/h4-7,13H,8-12H2,1-3H3. The Kier molecular flexibility index (Phi) is 4.90. The van der Waals surface area contributed by atoms with E-state index in [4.69, 9.17) is 0 Å². The quantitative estimate of drug-likeness (QED) is 0.739. The highest BCUT2D eigenvalue weighted by molar-refractivity contribution is 9.09. The van der Waals surface area contributed by atoms with Crippen LogP contribution in [0.5, 0.6) is 0 Å². The molecule has 0 atom stereocenters. The van der Waals surface area contributed by atoms with Crippen LogP contribution < -0.4 is 0 Å². The maximum Gasteiger partial charge on any atom is 0.253 e. The van der Waals surface area contributed by atoms with Gasteiger partial charge in [0.05, 0.1) is 0 Å². The molecule has 110 valence electrons. The van der Waals surface area contributed by atoms with Gasteiger partial charge in [0.1, 0.15) is 0 Å². The normalized spacial score (nSPS) is 17.3. The molecule has 20 heavy (non-hydrogen) atoms. The van der Waals surface area contributed by atoms with E-state index in [-0.39, 0.29) is 11.3 Å². The zero-order valence-electron chi connectivity index (χ0n) is 12.7. The van der Waals surface area contributed by atoms with Crippen molar-refractivity contribution < 1.29 is 4.79 Å². The fraction of sp³-hybridized carbons (Fsp3) is 0.588. The smallest absolute Gasteiger partial charge is 0.253 e. The molecule has 3 heteroatoms. The fourth-order valence-electron chi connectivity index (χ4n) is 2.59. The fourth-order valence-corrected chi connectivity index (χ4v) is 3.23. The molecule has 1 heterocycles. The number of likely N-dealkylation sites (tertiary alicyclic amines) is 1. The second-order valence-corrected chi connectivity index (χ2v) is 7.36. The van der Waals surface area contributed by atoms with Crippen LogP contribution in [0.2, 0.25) is 0 Å². The van der Waals surface area contributed by atoms with E-state index in [0.29, 0.717) is 0 Å². The second-order valence-electron chi connectivity index (χ2n) is 6.72. The second kappa shape index (κ2) is 6.30. The lowest BCUT2D eigenvalue weighted by molar-refractivity contribution is 0.0699. The molecule has 0 bridgehead atoms. The Morgan fingerprint density at radius 2 is 1.75 bits per heavy atom. The van der Waals surface area contributed by atoms with Crippen LogP contribution in [-0.4, -0.2) is 29.2 Å². The third-order valence-corrected chi connectivity index (χ3v) is 5.03. The van der Waals surface area contributed by atoms with Crippen LogP contribution in [0.4, 0.5) is 0 Å². The summed E-state index contributed by atoms with van der Waals surface area (Å²) in [4.78, 5) is 14.5. The number of alkyl halides is 1. The van der Waals surface area contributed by atoms with Gasteiger partial charge in [-0.2, -0.15) is 0 Å². The summed E-state index contributed by atoms with van der Waals surface area (Å²) < 4.78 is 0. The molecule has 2 nitrogen and oxygen atoms in total. The molecule has 0 spiro atoms. The number of carbonyl (C=O) groups is 1. The van der Waals surface area contributed by atoms with Gasteiger partial charge in [0.25, 0.3) is 5.91 Å². The van der Waals surface area contributed by atoms with Gasteiger partial charge in [-0.15, -0.1) is 0 Å². The van der Waals surface area contributed by atoms with E-state index >= 15 is 0 Å². The Labute approximate surface area is 130 Å². The van der Waals surface area contributed by atoms with Crippen LogP contribution >= 0.6 is 15.9 Å². The highest BCUT2D eigenvalue weighted by atomic mass is 79.9. The van der Waals surface area contributed by atoms with Crippen molar-refractivity contribution in [3.63, 3.8) is 0 Å². The average Bonchev–Trinajstić information content (AvgIpc) is 2.46. The van der Waals surface area contributed by atoms with Gasteiger partial charge in [0.2, 0.25) is 0 Å². The Balaban J connectivity index is 2.03. The van der Waals surface area contributed by atoms with Crippen LogP contribution in [0, 0.1) is 5.92 Å². The molecule has 1 amide bonds. The predicted molar refractivity (Wildman–Crippen MR) is 87.6 cm³/mol. The van der Waals surface area contributed by atoms with Crippen LogP contribution in [0.1, 0.15) is 49.5 Å². The molecular formula is C17H24BrNO. The van der Waals surface area contributed by atoms with Crippen molar-refractivity contribution in [2.45, 2.75) is 39.0 Å². The Morgan fingerprint density at radius 1 is 1.20 bits per heavy atom. The first-order valence-electron chi connectivity index (χ1n) is 7.37. The van der Waals surface area contributed by atoms with E-state index < -0.39 is 0 Å². The van der Waals surface area contributed by atoms with Gasteiger partial charge >= 0.3 is 0 Å². The van der Waals surface area contributed by atoms with Crippen molar-refractivity contribution in [3.8, 4) is 0 Å². The number of halogens is 1. The molecule has 1 aromatic rings. The van der Waals surface area contributed by atoms with Gasteiger partial charge < -0.3 is 4.90 Å². The number of benzene rings is 1. The average molecular weight is 338 g/mol. The van der Waals surface area contributed by atoms with Gasteiger partial charge in [-0.1, -0.05) is 48.8 Å². The van der Waals surface area contributed by atoms with Crippen LogP contribution in [0.25, 0.3) is 0 Å². The van der Waals surface area contributed by atoms with Gasteiger partial charge in [0, 0.05) is 24.0 Å².